The zero-order chi connectivity index (χ0) is 16.4. The quantitative estimate of drug-likeness (QED) is 0.904. The molecule has 1 aliphatic heterocycles. The van der Waals surface area contributed by atoms with E-state index in [1.807, 2.05) is 0 Å². The van der Waals surface area contributed by atoms with Gasteiger partial charge in [-0.25, -0.2) is 9.37 Å². The molecule has 1 unspecified atom stereocenters. The van der Waals surface area contributed by atoms with Crippen LogP contribution in [0.1, 0.15) is 6.42 Å². The van der Waals surface area contributed by atoms with Gasteiger partial charge in [0.25, 0.3) is 0 Å². The van der Waals surface area contributed by atoms with Crippen LogP contribution >= 0.6 is 11.3 Å². The molecule has 1 saturated heterocycles. The number of hydrogen-bond acceptors (Lipinski definition) is 5. The van der Waals surface area contributed by atoms with Crippen LogP contribution in [0, 0.1) is 11.7 Å². The number of rotatable bonds is 5. The molecule has 23 heavy (non-hydrogen) atoms. The highest BCUT2D eigenvalue weighted by Gasteiger charge is 2.34. The fourth-order valence-electron chi connectivity index (χ4n) is 2.52. The number of anilines is 1. The van der Waals surface area contributed by atoms with Crippen LogP contribution in [0.5, 0.6) is 0 Å². The van der Waals surface area contributed by atoms with E-state index < -0.39 is 5.92 Å². The van der Waals surface area contributed by atoms with Crippen LogP contribution in [0.2, 0.25) is 0 Å². The molecule has 1 N–H and O–H groups in total. The molecule has 1 aromatic carbocycles. The lowest BCUT2D eigenvalue weighted by Crippen LogP contribution is -2.30. The van der Waals surface area contributed by atoms with Crippen molar-refractivity contribution in [1.82, 2.24) is 9.88 Å². The van der Waals surface area contributed by atoms with E-state index in [0.717, 1.165) is 0 Å². The number of benzene rings is 1. The summed E-state index contributed by atoms with van der Waals surface area (Å²) in [6.07, 6.45) is 0.190. The summed E-state index contributed by atoms with van der Waals surface area (Å²) in [5.41, 5.74) is 0.635. The molecule has 2 amide bonds. The molecule has 6 nitrogen and oxygen atoms in total. The number of nitrogens with zero attached hydrogens (tertiary/aromatic N) is 2. The number of fused-ring (bicyclic) bond motifs is 1. The first-order chi connectivity index (χ1) is 11.1. The molecule has 0 radical (unpaired) electrons. The summed E-state index contributed by atoms with van der Waals surface area (Å²) in [6.45, 7) is 1.32. The summed E-state index contributed by atoms with van der Waals surface area (Å²) < 4.78 is 18.8. The third-order valence-electron chi connectivity index (χ3n) is 3.73. The minimum Gasteiger partial charge on any atom is -0.383 e. The molecule has 0 aliphatic carbocycles. The van der Waals surface area contributed by atoms with Gasteiger partial charge in [0.15, 0.2) is 5.13 Å². The van der Waals surface area contributed by atoms with E-state index in [-0.39, 0.29) is 24.1 Å². The standard InChI is InChI=1S/C15H16FN3O3S/c1-22-5-4-19-8-9(6-13(19)20)14(21)18-15-17-11-3-2-10(16)7-12(11)23-15/h2-3,7,9H,4-6,8H2,1H3,(H,17,18,21). The summed E-state index contributed by atoms with van der Waals surface area (Å²) in [7, 11) is 1.57. The van der Waals surface area contributed by atoms with Crippen LogP contribution < -0.4 is 5.32 Å². The van der Waals surface area contributed by atoms with Crippen molar-refractivity contribution in [2.75, 3.05) is 32.1 Å². The Balaban J connectivity index is 1.65. The molecule has 1 aromatic heterocycles. The van der Waals surface area contributed by atoms with Crippen LogP contribution in [0.15, 0.2) is 18.2 Å². The molecular weight excluding hydrogens is 321 g/mol. The molecular formula is C15H16FN3O3S. The minimum atomic E-state index is -0.400. The van der Waals surface area contributed by atoms with Gasteiger partial charge in [0, 0.05) is 26.6 Å². The molecule has 1 aliphatic rings. The molecule has 3 rings (SSSR count). The smallest absolute Gasteiger partial charge is 0.231 e. The SMILES string of the molecule is COCCN1CC(C(=O)Nc2nc3ccc(F)cc3s2)CC1=O. The lowest BCUT2D eigenvalue weighted by molar-refractivity contribution is -0.128. The summed E-state index contributed by atoms with van der Waals surface area (Å²) in [4.78, 5) is 30.0. The lowest BCUT2D eigenvalue weighted by Gasteiger charge is -2.15. The van der Waals surface area contributed by atoms with Gasteiger partial charge in [0.1, 0.15) is 5.82 Å². The second-order valence-electron chi connectivity index (χ2n) is 5.35. The van der Waals surface area contributed by atoms with Crippen LogP contribution in [-0.4, -0.2) is 48.5 Å². The highest BCUT2D eigenvalue weighted by molar-refractivity contribution is 7.22. The Morgan fingerprint density at radius 2 is 2.39 bits per heavy atom. The number of ether oxygens (including phenoxy) is 1. The van der Waals surface area contributed by atoms with E-state index in [0.29, 0.717) is 35.0 Å². The molecule has 1 fully saturated rings. The first-order valence-electron chi connectivity index (χ1n) is 7.20. The topological polar surface area (TPSA) is 71.5 Å². The summed E-state index contributed by atoms with van der Waals surface area (Å²) in [5, 5.41) is 3.14. The molecule has 0 spiro atoms. The van der Waals surface area contributed by atoms with Gasteiger partial charge < -0.3 is 15.0 Å². The number of likely N-dealkylation sites (tertiary alicyclic amines) is 1. The van der Waals surface area contributed by atoms with Crippen molar-refractivity contribution in [2.24, 2.45) is 5.92 Å². The highest BCUT2D eigenvalue weighted by Crippen LogP contribution is 2.27. The van der Waals surface area contributed by atoms with E-state index >= 15 is 0 Å². The van der Waals surface area contributed by atoms with E-state index in [2.05, 4.69) is 10.3 Å². The monoisotopic (exact) mass is 337 g/mol. The highest BCUT2D eigenvalue weighted by atomic mass is 32.1. The zero-order valence-electron chi connectivity index (χ0n) is 12.5. The molecule has 122 valence electrons. The maximum Gasteiger partial charge on any atom is 0.231 e. The number of thiazole rings is 1. The summed E-state index contributed by atoms with van der Waals surface area (Å²) >= 11 is 1.21. The molecule has 1 atom stereocenters. The van der Waals surface area contributed by atoms with Crippen molar-refractivity contribution >= 4 is 38.5 Å². The van der Waals surface area contributed by atoms with Gasteiger partial charge in [-0.05, 0) is 18.2 Å². The van der Waals surface area contributed by atoms with E-state index in [1.54, 1.807) is 18.1 Å². The van der Waals surface area contributed by atoms with E-state index in [4.69, 9.17) is 4.74 Å². The molecule has 2 aromatic rings. The normalized spacial score (nSPS) is 17.9. The number of hydrogen-bond donors (Lipinski definition) is 1. The number of aromatic nitrogens is 1. The first kappa shape index (κ1) is 15.8. The Labute approximate surface area is 136 Å². The number of nitrogens with one attached hydrogen (secondary N) is 1. The summed E-state index contributed by atoms with van der Waals surface area (Å²) in [5.74, 6) is -1.02. The van der Waals surface area contributed by atoms with E-state index in [1.165, 1.54) is 23.5 Å². The minimum absolute atomic E-state index is 0.0476. The second-order valence-corrected chi connectivity index (χ2v) is 6.38. The van der Waals surface area contributed by atoms with Crippen molar-refractivity contribution in [1.29, 1.82) is 0 Å². The van der Waals surface area contributed by atoms with Gasteiger partial charge in [-0.3, -0.25) is 9.59 Å². The van der Waals surface area contributed by atoms with Gasteiger partial charge in [-0.15, -0.1) is 0 Å². The largest absolute Gasteiger partial charge is 0.383 e. The maximum absolute atomic E-state index is 13.2. The third kappa shape index (κ3) is 3.48. The van der Waals surface area contributed by atoms with Gasteiger partial charge in [0.2, 0.25) is 11.8 Å². The second kappa shape index (κ2) is 6.59. The predicted molar refractivity (Wildman–Crippen MR) is 84.8 cm³/mol. The molecule has 0 saturated carbocycles. The number of carbonyl (C=O) groups excluding carboxylic acids is 2. The lowest BCUT2D eigenvalue weighted by atomic mass is 10.1. The fourth-order valence-corrected chi connectivity index (χ4v) is 3.42. The van der Waals surface area contributed by atoms with Crippen molar-refractivity contribution in [2.45, 2.75) is 6.42 Å². The van der Waals surface area contributed by atoms with Crippen LogP contribution in [0.25, 0.3) is 10.2 Å². The van der Waals surface area contributed by atoms with Gasteiger partial charge >= 0.3 is 0 Å². The van der Waals surface area contributed by atoms with Crippen molar-refractivity contribution in [3.63, 3.8) is 0 Å². The first-order valence-corrected chi connectivity index (χ1v) is 8.02. The number of halogens is 1. The molecule has 2 heterocycles. The Morgan fingerprint density at radius 1 is 1.57 bits per heavy atom. The van der Waals surface area contributed by atoms with E-state index in [9.17, 15) is 14.0 Å². The number of carbonyl (C=O) groups is 2. The van der Waals surface area contributed by atoms with Crippen LogP contribution in [0.3, 0.4) is 0 Å². The number of methoxy groups -OCH3 is 1. The van der Waals surface area contributed by atoms with Gasteiger partial charge in [0.05, 0.1) is 22.7 Å². The molecule has 0 bridgehead atoms. The van der Waals surface area contributed by atoms with Crippen molar-refractivity contribution < 1.29 is 18.7 Å². The van der Waals surface area contributed by atoms with Crippen molar-refractivity contribution in [3.05, 3.63) is 24.0 Å². The average molecular weight is 337 g/mol. The average Bonchev–Trinajstić information content (AvgIpc) is 3.07. The summed E-state index contributed by atoms with van der Waals surface area (Å²) in [6, 6.07) is 4.29. The van der Waals surface area contributed by atoms with Crippen LogP contribution in [0.4, 0.5) is 9.52 Å². The Kier molecular flexibility index (Phi) is 4.53. The van der Waals surface area contributed by atoms with Crippen LogP contribution in [-0.2, 0) is 14.3 Å². The fraction of sp³-hybridized carbons (Fsp3) is 0.400. The maximum atomic E-state index is 13.2. The Bertz CT molecular complexity index is 749. The third-order valence-corrected chi connectivity index (χ3v) is 4.66. The molecule has 8 heteroatoms. The Morgan fingerprint density at radius 3 is 3.17 bits per heavy atom. The van der Waals surface area contributed by atoms with Gasteiger partial charge in [-0.1, -0.05) is 11.3 Å². The van der Waals surface area contributed by atoms with Gasteiger partial charge in [-0.2, -0.15) is 0 Å². The predicted octanol–water partition coefficient (Wildman–Crippen LogP) is 1.87. The Hall–Kier alpha value is -2.06. The zero-order valence-corrected chi connectivity index (χ0v) is 13.4. The van der Waals surface area contributed by atoms with Crippen molar-refractivity contribution in [3.8, 4) is 0 Å². The number of amides is 2.